The predicted molar refractivity (Wildman–Crippen MR) is 110 cm³/mol. The van der Waals surface area contributed by atoms with Crippen molar-refractivity contribution in [1.82, 2.24) is 19.7 Å². The Morgan fingerprint density at radius 3 is 2.66 bits per heavy atom. The molecule has 146 valence electrons. The molecular weight excluding hydrogens is 414 g/mol. The van der Waals surface area contributed by atoms with Gasteiger partial charge >= 0.3 is 0 Å². The first-order valence-corrected chi connectivity index (χ1v) is 10.1. The Hall–Kier alpha value is -2.77. The maximum absolute atomic E-state index is 13.5. The zero-order chi connectivity index (χ0) is 20.4. The predicted octanol–water partition coefficient (Wildman–Crippen LogP) is 5.86. The van der Waals surface area contributed by atoms with Gasteiger partial charge in [0.2, 0.25) is 0 Å². The number of benzene rings is 2. The molecule has 0 atom stereocenters. The molecular formula is C21H15ClF2N4S. The third-order valence-electron chi connectivity index (χ3n) is 4.32. The normalized spacial score (nSPS) is 11.0. The average Bonchev–Trinajstić information content (AvgIpc) is 3.15. The van der Waals surface area contributed by atoms with Crippen LogP contribution in [0.5, 0.6) is 0 Å². The van der Waals surface area contributed by atoms with Gasteiger partial charge in [-0.25, -0.2) is 8.78 Å². The Morgan fingerprint density at radius 1 is 1.03 bits per heavy atom. The van der Waals surface area contributed by atoms with E-state index in [1.54, 1.807) is 18.5 Å². The van der Waals surface area contributed by atoms with E-state index >= 15 is 0 Å². The van der Waals surface area contributed by atoms with Gasteiger partial charge in [-0.2, -0.15) is 0 Å². The minimum atomic E-state index is -0.869. The molecule has 0 saturated carbocycles. The minimum Gasteiger partial charge on any atom is -0.270 e. The van der Waals surface area contributed by atoms with E-state index in [-0.39, 0.29) is 0 Å². The lowest BCUT2D eigenvalue weighted by Crippen LogP contribution is -2.02. The van der Waals surface area contributed by atoms with Crippen molar-refractivity contribution < 1.29 is 8.78 Å². The van der Waals surface area contributed by atoms with Gasteiger partial charge in [-0.15, -0.1) is 10.2 Å². The number of aromatic nitrogens is 4. The zero-order valence-corrected chi connectivity index (χ0v) is 16.9. The van der Waals surface area contributed by atoms with E-state index in [2.05, 4.69) is 15.2 Å². The molecule has 4 aromatic rings. The summed E-state index contributed by atoms with van der Waals surface area (Å²) in [6, 6.07) is 13.2. The fraction of sp³-hybridized carbons (Fsp3) is 0.0952. The molecule has 8 heteroatoms. The van der Waals surface area contributed by atoms with Crippen LogP contribution in [0.25, 0.3) is 17.1 Å². The summed E-state index contributed by atoms with van der Waals surface area (Å²) in [6.45, 7) is 1.97. The van der Waals surface area contributed by atoms with Crippen LogP contribution in [0.15, 0.2) is 66.1 Å². The van der Waals surface area contributed by atoms with E-state index < -0.39 is 11.6 Å². The third kappa shape index (κ3) is 4.16. The van der Waals surface area contributed by atoms with Gasteiger partial charge in [-0.3, -0.25) is 9.55 Å². The number of hydrogen-bond donors (Lipinski definition) is 0. The number of rotatable bonds is 5. The number of aryl methyl sites for hydroxylation is 1. The molecule has 29 heavy (non-hydrogen) atoms. The molecule has 2 aromatic carbocycles. The van der Waals surface area contributed by atoms with E-state index in [9.17, 15) is 8.78 Å². The lowest BCUT2D eigenvalue weighted by atomic mass is 10.2. The number of nitrogens with zero attached hydrogens (tertiary/aromatic N) is 4. The summed E-state index contributed by atoms with van der Waals surface area (Å²) in [4.78, 5) is 4.17. The molecule has 0 saturated heterocycles. The van der Waals surface area contributed by atoms with Crippen LogP contribution < -0.4 is 0 Å². The van der Waals surface area contributed by atoms with Gasteiger partial charge < -0.3 is 0 Å². The monoisotopic (exact) mass is 428 g/mol. The van der Waals surface area contributed by atoms with Crippen molar-refractivity contribution in [2.24, 2.45) is 0 Å². The fourth-order valence-electron chi connectivity index (χ4n) is 2.86. The Balaban J connectivity index is 1.76. The van der Waals surface area contributed by atoms with Gasteiger partial charge in [0.05, 0.1) is 5.69 Å². The molecule has 2 aromatic heterocycles. The van der Waals surface area contributed by atoms with Crippen LogP contribution in [0, 0.1) is 18.6 Å². The molecule has 0 unspecified atom stereocenters. The summed E-state index contributed by atoms with van der Waals surface area (Å²) in [7, 11) is 0. The van der Waals surface area contributed by atoms with E-state index in [0.29, 0.717) is 27.3 Å². The van der Waals surface area contributed by atoms with Gasteiger partial charge in [-0.1, -0.05) is 35.5 Å². The van der Waals surface area contributed by atoms with Crippen LogP contribution in [-0.2, 0) is 5.75 Å². The Labute approximate surface area is 175 Å². The fourth-order valence-corrected chi connectivity index (χ4v) is 3.92. The highest BCUT2D eigenvalue weighted by atomic mass is 35.5. The minimum absolute atomic E-state index is 0.405. The highest BCUT2D eigenvalue weighted by Gasteiger charge is 2.18. The highest BCUT2D eigenvalue weighted by Crippen LogP contribution is 2.32. The lowest BCUT2D eigenvalue weighted by molar-refractivity contribution is 0.507. The maximum Gasteiger partial charge on any atom is 0.196 e. The van der Waals surface area contributed by atoms with Crippen LogP contribution in [0.1, 0.15) is 11.1 Å². The third-order valence-corrected chi connectivity index (χ3v) is 5.55. The first-order chi connectivity index (χ1) is 14.0. The lowest BCUT2D eigenvalue weighted by Gasteiger charge is -2.13. The van der Waals surface area contributed by atoms with Crippen LogP contribution in [-0.4, -0.2) is 19.7 Å². The van der Waals surface area contributed by atoms with E-state index in [1.165, 1.54) is 17.8 Å². The quantitative estimate of drug-likeness (QED) is 0.373. The van der Waals surface area contributed by atoms with Gasteiger partial charge in [0, 0.05) is 28.7 Å². The second kappa shape index (κ2) is 8.31. The van der Waals surface area contributed by atoms with Gasteiger partial charge in [0.25, 0.3) is 0 Å². The molecule has 4 nitrogen and oxygen atoms in total. The second-order valence-corrected chi connectivity index (χ2v) is 7.73. The van der Waals surface area contributed by atoms with Crippen molar-refractivity contribution in [3.05, 3.63) is 88.7 Å². The molecule has 0 amide bonds. The molecule has 0 N–H and O–H groups in total. The number of pyridine rings is 1. The molecule has 0 bridgehead atoms. The maximum atomic E-state index is 13.5. The number of hydrogen-bond acceptors (Lipinski definition) is 4. The largest absolute Gasteiger partial charge is 0.270 e. The molecule has 0 radical (unpaired) electrons. The average molecular weight is 429 g/mol. The van der Waals surface area contributed by atoms with Crippen molar-refractivity contribution in [2.75, 3.05) is 0 Å². The van der Waals surface area contributed by atoms with Crippen molar-refractivity contribution in [3.8, 4) is 17.1 Å². The molecule has 0 aliphatic carbocycles. The molecule has 2 heterocycles. The zero-order valence-electron chi connectivity index (χ0n) is 15.3. The van der Waals surface area contributed by atoms with Crippen LogP contribution in [0.2, 0.25) is 5.02 Å². The molecule has 4 rings (SSSR count). The van der Waals surface area contributed by atoms with E-state index in [0.717, 1.165) is 22.9 Å². The van der Waals surface area contributed by atoms with Crippen molar-refractivity contribution in [3.63, 3.8) is 0 Å². The second-order valence-electron chi connectivity index (χ2n) is 6.35. The highest BCUT2D eigenvalue weighted by molar-refractivity contribution is 7.98. The summed E-state index contributed by atoms with van der Waals surface area (Å²) < 4.78 is 28.6. The smallest absolute Gasteiger partial charge is 0.196 e. The summed E-state index contributed by atoms with van der Waals surface area (Å²) in [6.07, 6.45) is 3.40. The van der Waals surface area contributed by atoms with Crippen LogP contribution >= 0.6 is 23.4 Å². The Kier molecular flexibility index (Phi) is 5.60. The van der Waals surface area contributed by atoms with Crippen molar-refractivity contribution in [1.29, 1.82) is 0 Å². The Bertz CT molecular complexity index is 1160. The summed E-state index contributed by atoms with van der Waals surface area (Å²) in [5.74, 6) is -0.708. The SMILES string of the molecule is Cc1ccc(Cl)cc1-n1c(SCc2ccc(F)c(F)c2)nnc1-c1cccnc1. The van der Waals surface area contributed by atoms with E-state index in [4.69, 9.17) is 11.6 Å². The number of thioether (sulfide) groups is 1. The first-order valence-electron chi connectivity index (χ1n) is 8.72. The topological polar surface area (TPSA) is 43.6 Å². The van der Waals surface area contributed by atoms with Crippen LogP contribution in [0.3, 0.4) is 0 Å². The summed E-state index contributed by atoms with van der Waals surface area (Å²) in [5.41, 5.74) is 3.29. The summed E-state index contributed by atoms with van der Waals surface area (Å²) in [5, 5.41) is 9.89. The summed E-state index contributed by atoms with van der Waals surface area (Å²) >= 11 is 7.62. The Morgan fingerprint density at radius 2 is 1.90 bits per heavy atom. The van der Waals surface area contributed by atoms with Gasteiger partial charge in [0.1, 0.15) is 0 Å². The van der Waals surface area contributed by atoms with Gasteiger partial charge in [0.15, 0.2) is 22.6 Å². The van der Waals surface area contributed by atoms with E-state index in [1.807, 2.05) is 41.8 Å². The molecule has 0 fully saturated rings. The van der Waals surface area contributed by atoms with Crippen molar-refractivity contribution in [2.45, 2.75) is 17.8 Å². The first kappa shape index (κ1) is 19.5. The molecule has 0 aliphatic heterocycles. The van der Waals surface area contributed by atoms with Crippen LogP contribution in [0.4, 0.5) is 8.78 Å². The number of halogens is 3. The van der Waals surface area contributed by atoms with Crippen molar-refractivity contribution >= 4 is 23.4 Å². The standard InChI is InChI=1S/C21H15ClF2N4S/c1-13-4-6-16(22)10-19(13)28-20(15-3-2-8-25-11-15)26-27-21(28)29-12-14-5-7-17(23)18(24)9-14/h2-11H,12H2,1H3. The van der Waals surface area contributed by atoms with Gasteiger partial charge in [-0.05, 0) is 54.4 Å². The molecule has 0 aliphatic rings. The molecule has 0 spiro atoms.